The number of nitrogens with one attached hydrogen (secondary N) is 2. The molecule has 116 valence electrons. The second-order valence-corrected chi connectivity index (χ2v) is 4.69. The molecule has 1 aromatic carbocycles. The van der Waals surface area contributed by atoms with E-state index in [1.807, 2.05) is 0 Å². The smallest absolute Gasteiger partial charge is 0.255 e. The summed E-state index contributed by atoms with van der Waals surface area (Å²) in [6.45, 7) is 1.89. The van der Waals surface area contributed by atoms with E-state index >= 15 is 0 Å². The largest absolute Gasteiger partial charge is 0.496 e. The molecule has 6 nitrogen and oxygen atoms in total. The summed E-state index contributed by atoms with van der Waals surface area (Å²) in [6.07, 6.45) is 1.54. The number of para-hydroxylation sites is 1. The number of hydrogen-bond acceptors (Lipinski definition) is 4. The van der Waals surface area contributed by atoms with E-state index in [9.17, 15) is 9.59 Å². The number of amides is 2. The molecule has 0 saturated heterocycles. The first-order valence-electron chi connectivity index (χ1n) is 6.85. The van der Waals surface area contributed by atoms with E-state index in [1.54, 1.807) is 43.3 Å². The lowest BCUT2D eigenvalue weighted by atomic mass is 10.1. The van der Waals surface area contributed by atoms with Crippen molar-refractivity contribution in [1.29, 1.82) is 0 Å². The van der Waals surface area contributed by atoms with Crippen LogP contribution in [0.4, 0.5) is 0 Å². The van der Waals surface area contributed by atoms with E-state index in [0.717, 1.165) is 0 Å². The lowest BCUT2D eigenvalue weighted by Crippen LogP contribution is -2.44. The first-order chi connectivity index (χ1) is 10.6. The maximum atomic E-state index is 12.2. The number of benzene rings is 1. The molecular formula is C16H18N2O4. The van der Waals surface area contributed by atoms with Gasteiger partial charge in [-0.2, -0.15) is 0 Å². The van der Waals surface area contributed by atoms with Crippen LogP contribution in [0.15, 0.2) is 47.1 Å². The highest BCUT2D eigenvalue weighted by atomic mass is 16.5. The van der Waals surface area contributed by atoms with Gasteiger partial charge in [0.05, 0.1) is 25.5 Å². The Morgan fingerprint density at radius 2 is 2.00 bits per heavy atom. The fourth-order valence-electron chi connectivity index (χ4n) is 1.91. The average molecular weight is 302 g/mol. The van der Waals surface area contributed by atoms with Crippen molar-refractivity contribution in [2.75, 3.05) is 7.11 Å². The van der Waals surface area contributed by atoms with Gasteiger partial charge >= 0.3 is 0 Å². The van der Waals surface area contributed by atoms with Crippen LogP contribution in [-0.2, 0) is 11.3 Å². The number of methoxy groups -OCH3 is 1. The molecule has 1 atom stereocenters. The summed E-state index contributed by atoms with van der Waals surface area (Å²) in [5.74, 6) is 0.456. The monoisotopic (exact) mass is 302 g/mol. The van der Waals surface area contributed by atoms with Gasteiger partial charge in [-0.25, -0.2) is 0 Å². The number of furan rings is 1. The first-order valence-corrected chi connectivity index (χ1v) is 6.85. The van der Waals surface area contributed by atoms with Gasteiger partial charge in [-0.3, -0.25) is 9.59 Å². The molecule has 2 rings (SSSR count). The van der Waals surface area contributed by atoms with Gasteiger partial charge in [0.1, 0.15) is 17.6 Å². The third kappa shape index (κ3) is 3.88. The molecule has 0 spiro atoms. The molecule has 0 fully saturated rings. The molecule has 0 aliphatic heterocycles. The lowest BCUT2D eigenvalue weighted by molar-refractivity contribution is -0.122. The summed E-state index contributed by atoms with van der Waals surface area (Å²) in [6, 6.07) is 9.67. The maximum Gasteiger partial charge on any atom is 0.255 e. The Bertz CT molecular complexity index is 637. The summed E-state index contributed by atoms with van der Waals surface area (Å²) in [5.41, 5.74) is 0.385. The zero-order valence-corrected chi connectivity index (χ0v) is 12.5. The third-order valence-electron chi connectivity index (χ3n) is 3.11. The van der Waals surface area contributed by atoms with Crippen LogP contribution in [0.1, 0.15) is 23.0 Å². The van der Waals surface area contributed by atoms with Crippen molar-refractivity contribution in [3.63, 3.8) is 0 Å². The minimum absolute atomic E-state index is 0.278. The van der Waals surface area contributed by atoms with Crippen molar-refractivity contribution in [3.05, 3.63) is 54.0 Å². The van der Waals surface area contributed by atoms with Crippen LogP contribution in [0, 0.1) is 0 Å². The Kier molecular flexibility index (Phi) is 5.19. The fourth-order valence-corrected chi connectivity index (χ4v) is 1.91. The number of carbonyl (C=O) groups is 2. The Balaban J connectivity index is 1.91. The molecule has 0 saturated carbocycles. The standard InChI is InChI=1S/C16H18N2O4/c1-11(15(19)17-10-12-6-5-9-22-12)18-16(20)13-7-3-4-8-14(13)21-2/h3-9,11H,10H2,1-2H3,(H,17,19)(H,18,20)/t11-/m0/s1. The predicted molar refractivity (Wildman–Crippen MR) is 80.5 cm³/mol. The van der Waals surface area contributed by atoms with Crippen LogP contribution in [0.5, 0.6) is 5.75 Å². The molecule has 1 heterocycles. The van der Waals surface area contributed by atoms with Crippen LogP contribution in [0.2, 0.25) is 0 Å². The van der Waals surface area contributed by atoms with E-state index in [1.165, 1.54) is 13.4 Å². The van der Waals surface area contributed by atoms with Crippen molar-refractivity contribution >= 4 is 11.8 Å². The van der Waals surface area contributed by atoms with Gasteiger partial charge in [0.15, 0.2) is 0 Å². The molecule has 6 heteroatoms. The molecule has 0 unspecified atom stereocenters. The number of hydrogen-bond donors (Lipinski definition) is 2. The second-order valence-electron chi connectivity index (χ2n) is 4.69. The third-order valence-corrected chi connectivity index (χ3v) is 3.11. The van der Waals surface area contributed by atoms with Crippen molar-refractivity contribution in [1.82, 2.24) is 10.6 Å². The average Bonchev–Trinajstić information content (AvgIpc) is 3.05. The summed E-state index contributed by atoms with van der Waals surface area (Å²) < 4.78 is 10.3. The van der Waals surface area contributed by atoms with Crippen LogP contribution in [0.3, 0.4) is 0 Å². The van der Waals surface area contributed by atoms with E-state index in [-0.39, 0.29) is 18.4 Å². The van der Waals surface area contributed by atoms with Crippen LogP contribution in [-0.4, -0.2) is 25.0 Å². The first kappa shape index (κ1) is 15.6. The summed E-state index contributed by atoms with van der Waals surface area (Å²) in [5, 5.41) is 5.33. The molecular weight excluding hydrogens is 284 g/mol. The summed E-state index contributed by atoms with van der Waals surface area (Å²) >= 11 is 0. The van der Waals surface area contributed by atoms with Crippen molar-refractivity contribution in [2.45, 2.75) is 19.5 Å². The quantitative estimate of drug-likeness (QED) is 0.851. The number of rotatable bonds is 6. The minimum Gasteiger partial charge on any atom is -0.496 e. The second kappa shape index (κ2) is 7.31. The highest BCUT2D eigenvalue weighted by molar-refractivity contribution is 5.99. The number of ether oxygens (including phenoxy) is 1. The molecule has 0 aliphatic rings. The minimum atomic E-state index is -0.674. The van der Waals surface area contributed by atoms with E-state index in [4.69, 9.17) is 9.15 Å². The lowest BCUT2D eigenvalue weighted by Gasteiger charge is -2.15. The highest BCUT2D eigenvalue weighted by Gasteiger charge is 2.18. The molecule has 2 aromatic rings. The van der Waals surface area contributed by atoms with Gasteiger partial charge in [0.25, 0.3) is 5.91 Å². The molecule has 2 N–H and O–H groups in total. The zero-order valence-electron chi connectivity index (χ0n) is 12.5. The van der Waals surface area contributed by atoms with Crippen LogP contribution < -0.4 is 15.4 Å². The van der Waals surface area contributed by atoms with Crippen molar-refractivity contribution in [2.24, 2.45) is 0 Å². The normalized spacial score (nSPS) is 11.5. The summed E-state index contributed by atoms with van der Waals surface area (Å²) in [4.78, 5) is 24.1. The Hall–Kier alpha value is -2.76. The molecule has 22 heavy (non-hydrogen) atoms. The van der Waals surface area contributed by atoms with E-state index in [2.05, 4.69) is 10.6 Å². The van der Waals surface area contributed by atoms with Crippen LogP contribution in [0.25, 0.3) is 0 Å². The molecule has 0 bridgehead atoms. The predicted octanol–water partition coefficient (Wildman–Crippen LogP) is 1.72. The molecule has 1 aromatic heterocycles. The summed E-state index contributed by atoms with van der Waals surface area (Å²) in [7, 11) is 1.49. The van der Waals surface area contributed by atoms with Gasteiger partial charge in [0, 0.05) is 0 Å². The fraction of sp³-hybridized carbons (Fsp3) is 0.250. The maximum absolute atomic E-state index is 12.2. The number of carbonyl (C=O) groups excluding carboxylic acids is 2. The van der Waals surface area contributed by atoms with E-state index in [0.29, 0.717) is 17.1 Å². The van der Waals surface area contributed by atoms with E-state index < -0.39 is 6.04 Å². The van der Waals surface area contributed by atoms with Crippen LogP contribution >= 0.6 is 0 Å². The van der Waals surface area contributed by atoms with Crippen molar-refractivity contribution in [3.8, 4) is 5.75 Å². The molecule has 2 amide bonds. The Morgan fingerprint density at radius 1 is 1.23 bits per heavy atom. The SMILES string of the molecule is COc1ccccc1C(=O)N[C@@H](C)C(=O)NCc1ccco1. The highest BCUT2D eigenvalue weighted by Crippen LogP contribution is 2.16. The van der Waals surface area contributed by atoms with Gasteiger partial charge in [-0.05, 0) is 31.2 Å². The molecule has 0 aliphatic carbocycles. The Morgan fingerprint density at radius 3 is 2.68 bits per heavy atom. The van der Waals surface area contributed by atoms with Gasteiger partial charge < -0.3 is 19.8 Å². The molecule has 0 radical (unpaired) electrons. The van der Waals surface area contributed by atoms with Crippen molar-refractivity contribution < 1.29 is 18.7 Å². The zero-order chi connectivity index (χ0) is 15.9. The van der Waals surface area contributed by atoms with Gasteiger partial charge in [-0.1, -0.05) is 12.1 Å². The van der Waals surface area contributed by atoms with Gasteiger partial charge in [-0.15, -0.1) is 0 Å². The van der Waals surface area contributed by atoms with Gasteiger partial charge in [0.2, 0.25) is 5.91 Å². The topological polar surface area (TPSA) is 80.6 Å². The Labute approximate surface area is 128 Å².